The monoisotopic (exact) mass is 232 g/mol. The quantitative estimate of drug-likeness (QED) is 0.797. The summed E-state index contributed by atoms with van der Waals surface area (Å²) in [7, 11) is 0. The Morgan fingerprint density at radius 3 is 2.44 bits per heavy atom. The molecule has 0 heterocycles. The molecule has 1 aromatic carbocycles. The fourth-order valence-electron chi connectivity index (χ4n) is 1.21. The van der Waals surface area contributed by atoms with Crippen LogP contribution < -0.4 is 5.73 Å². The maximum Gasteiger partial charge on any atom is 0.416 e. The Balaban J connectivity index is 3.06. The van der Waals surface area contributed by atoms with E-state index in [1.165, 1.54) is 0 Å². The molecule has 0 aliphatic rings. The number of nitrogens with two attached hydrogens (primary N) is 1. The van der Waals surface area contributed by atoms with E-state index in [-0.39, 0.29) is 12.0 Å². The lowest BCUT2D eigenvalue weighted by atomic mass is 10.0. The molecule has 0 unspecified atom stereocenters. The van der Waals surface area contributed by atoms with Crippen molar-refractivity contribution in [3.63, 3.8) is 0 Å². The zero-order chi connectivity index (χ0) is 12.3. The summed E-state index contributed by atoms with van der Waals surface area (Å²) in [6, 6.07) is 2.90. The zero-order valence-corrected chi connectivity index (χ0v) is 8.05. The van der Waals surface area contributed by atoms with Gasteiger partial charge in [-0.3, -0.25) is 0 Å². The molecule has 0 fully saturated rings. The SMILES string of the molecule is N#CC[C@H](N)c1ccc(C(F)(F)F)cc1F. The Bertz CT molecular complexity index is 420. The van der Waals surface area contributed by atoms with Gasteiger partial charge in [0.1, 0.15) is 5.82 Å². The van der Waals surface area contributed by atoms with Gasteiger partial charge in [0.2, 0.25) is 0 Å². The third-order valence-corrected chi connectivity index (χ3v) is 2.04. The summed E-state index contributed by atoms with van der Waals surface area (Å²) >= 11 is 0. The molecule has 0 aliphatic carbocycles. The van der Waals surface area contributed by atoms with Crippen LogP contribution in [0.3, 0.4) is 0 Å². The summed E-state index contributed by atoms with van der Waals surface area (Å²) in [4.78, 5) is 0. The van der Waals surface area contributed by atoms with Crippen molar-refractivity contribution in [1.29, 1.82) is 5.26 Å². The second kappa shape index (κ2) is 4.49. The molecule has 0 bridgehead atoms. The van der Waals surface area contributed by atoms with E-state index in [4.69, 9.17) is 11.0 Å². The largest absolute Gasteiger partial charge is 0.416 e. The second-order valence-electron chi connectivity index (χ2n) is 3.20. The van der Waals surface area contributed by atoms with Crippen LogP contribution in [0.1, 0.15) is 23.6 Å². The number of benzene rings is 1. The van der Waals surface area contributed by atoms with Crippen LogP contribution in [0.5, 0.6) is 0 Å². The Hall–Kier alpha value is -1.61. The average Bonchev–Trinajstić information content (AvgIpc) is 2.16. The molecule has 2 nitrogen and oxygen atoms in total. The third-order valence-electron chi connectivity index (χ3n) is 2.04. The normalized spacial score (nSPS) is 13.2. The van der Waals surface area contributed by atoms with Gasteiger partial charge in [-0.25, -0.2) is 4.39 Å². The molecule has 1 atom stereocenters. The predicted molar refractivity (Wildman–Crippen MR) is 48.6 cm³/mol. The van der Waals surface area contributed by atoms with Crippen LogP contribution >= 0.6 is 0 Å². The highest BCUT2D eigenvalue weighted by Crippen LogP contribution is 2.31. The topological polar surface area (TPSA) is 49.8 Å². The number of hydrogen-bond acceptors (Lipinski definition) is 2. The van der Waals surface area contributed by atoms with Crippen molar-refractivity contribution in [3.05, 3.63) is 35.1 Å². The van der Waals surface area contributed by atoms with Crippen LogP contribution in [0.15, 0.2) is 18.2 Å². The van der Waals surface area contributed by atoms with Crippen molar-refractivity contribution in [2.45, 2.75) is 18.6 Å². The molecule has 16 heavy (non-hydrogen) atoms. The summed E-state index contributed by atoms with van der Waals surface area (Å²) in [6.45, 7) is 0. The Morgan fingerprint density at radius 1 is 1.38 bits per heavy atom. The molecule has 0 aliphatic heterocycles. The Labute approximate surface area is 89.3 Å². The molecule has 6 heteroatoms. The fraction of sp³-hybridized carbons (Fsp3) is 0.300. The van der Waals surface area contributed by atoms with Crippen molar-refractivity contribution in [3.8, 4) is 6.07 Å². The standard InChI is InChI=1S/C10H8F4N2/c11-8-5-6(10(12,13)14)1-2-7(8)9(16)3-4-15/h1-2,5,9H,3,16H2/t9-/m0/s1. The lowest BCUT2D eigenvalue weighted by Gasteiger charge is -2.12. The predicted octanol–water partition coefficient (Wildman–Crippen LogP) is 2.76. The maximum absolute atomic E-state index is 13.3. The first-order chi connectivity index (χ1) is 7.36. The second-order valence-corrected chi connectivity index (χ2v) is 3.20. The van der Waals surface area contributed by atoms with Crippen molar-refractivity contribution < 1.29 is 17.6 Å². The van der Waals surface area contributed by atoms with Crippen molar-refractivity contribution in [2.75, 3.05) is 0 Å². The summed E-state index contributed by atoms with van der Waals surface area (Å²) in [5.74, 6) is -1.04. The highest BCUT2D eigenvalue weighted by atomic mass is 19.4. The molecule has 0 aromatic heterocycles. The van der Waals surface area contributed by atoms with E-state index in [2.05, 4.69) is 0 Å². The van der Waals surface area contributed by atoms with Crippen LogP contribution in [-0.4, -0.2) is 0 Å². The van der Waals surface area contributed by atoms with Crippen LogP contribution in [0.4, 0.5) is 17.6 Å². The first kappa shape index (κ1) is 12.5. The highest BCUT2D eigenvalue weighted by Gasteiger charge is 2.31. The van der Waals surface area contributed by atoms with E-state index in [9.17, 15) is 17.6 Å². The number of nitrogens with zero attached hydrogens (tertiary/aromatic N) is 1. The van der Waals surface area contributed by atoms with E-state index in [1.807, 2.05) is 0 Å². The lowest BCUT2D eigenvalue weighted by molar-refractivity contribution is -0.137. The van der Waals surface area contributed by atoms with E-state index in [0.717, 1.165) is 12.1 Å². The summed E-state index contributed by atoms with van der Waals surface area (Å²) < 4.78 is 49.9. The minimum atomic E-state index is -4.58. The molecule has 0 amide bonds. The summed E-state index contributed by atoms with van der Waals surface area (Å²) in [5, 5.41) is 8.34. The molecule has 0 saturated carbocycles. The first-order valence-corrected chi connectivity index (χ1v) is 4.35. The van der Waals surface area contributed by atoms with Gasteiger partial charge in [0.15, 0.2) is 0 Å². The van der Waals surface area contributed by atoms with Crippen molar-refractivity contribution >= 4 is 0 Å². The maximum atomic E-state index is 13.3. The zero-order valence-electron chi connectivity index (χ0n) is 8.05. The molecule has 0 saturated heterocycles. The van der Waals surface area contributed by atoms with Gasteiger partial charge in [0, 0.05) is 11.6 Å². The van der Waals surface area contributed by atoms with Crippen LogP contribution in [-0.2, 0) is 6.18 Å². The number of nitriles is 1. The molecule has 86 valence electrons. The molecular weight excluding hydrogens is 224 g/mol. The van der Waals surface area contributed by atoms with E-state index in [1.54, 1.807) is 6.07 Å². The van der Waals surface area contributed by atoms with Gasteiger partial charge in [-0.2, -0.15) is 18.4 Å². The fourth-order valence-corrected chi connectivity index (χ4v) is 1.21. The molecule has 0 spiro atoms. The van der Waals surface area contributed by atoms with E-state index < -0.39 is 23.6 Å². The first-order valence-electron chi connectivity index (χ1n) is 4.35. The lowest BCUT2D eigenvalue weighted by Crippen LogP contribution is -2.13. The third kappa shape index (κ3) is 2.70. The molecule has 1 rings (SSSR count). The van der Waals surface area contributed by atoms with Gasteiger partial charge in [0.05, 0.1) is 18.1 Å². The van der Waals surface area contributed by atoms with Crippen molar-refractivity contribution in [1.82, 2.24) is 0 Å². The van der Waals surface area contributed by atoms with Gasteiger partial charge in [-0.05, 0) is 12.1 Å². The number of rotatable bonds is 2. The minimum absolute atomic E-state index is 0.0884. The number of hydrogen-bond donors (Lipinski definition) is 1. The highest BCUT2D eigenvalue weighted by molar-refractivity contribution is 5.28. The van der Waals surface area contributed by atoms with Crippen molar-refractivity contribution in [2.24, 2.45) is 5.73 Å². The van der Waals surface area contributed by atoms with Gasteiger partial charge < -0.3 is 5.73 Å². The van der Waals surface area contributed by atoms with Crippen LogP contribution in [0.25, 0.3) is 0 Å². The average molecular weight is 232 g/mol. The Morgan fingerprint density at radius 2 is 2.00 bits per heavy atom. The van der Waals surface area contributed by atoms with Gasteiger partial charge >= 0.3 is 6.18 Å². The summed E-state index contributed by atoms with van der Waals surface area (Å²) in [5.41, 5.74) is 4.26. The number of halogens is 4. The Kier molecular flexibility index (Phi) is 3.50. The number of alkyl halides is 3. The molecular formula is C10H8F4N2. The summed E-state index contributed by atoms with van der Waals surface area (Å²) in [6.07, 6.45) is -4.74. The van der Waals surface area contributed by atoms with Gasteiger partial charge in [-0.15, -0.1) is 0 Å². The smallest absolute Gasteiger partial charge is 0.323 e. The molecule has 2 N–H and O–H groups in total. The van der Waals surface area contributed by atoms with Crippen LogP contribution in [0, 0.1) is 17.1 Å². The van der Waals surface area contributed by atoms with E-state index in [0.29, 0.717) is 6.07 Å². The molecule has 0 radical (unpaired) electrons. The van der Waals surface area contributed by atoms with Gasteiger partial charge in [0.25, 0.3) is 0 Å². The van der Waals surface area contributed by atoms with E-state index >= 15 is 0 Å². The minimum Gasteiger partial charge on any atom is -0.323 e. The molecule has 1 aromatic rings. The van der Waals surface area contributed by atoms with Gasteiger partial charge in [-0.1, -0.05) is 6.07 Å². The van der Waals surface area contributed by atoms with Crippen LogP contribution in [0.2, 0.25) is 0 Å².